The average molecular weight is 483 g/mol. The van der Waals surface area contributed by atoms with Crippen LogP contribution in [0.25, 0.3) is 0 Å². The number of nitrogens with zero attached hydrogens (tertiary/aromatic N) is 2. The quantitative estimate of drug-likeness (QED) is 0.575. The van der Waals surface area contributed by atoms with E-state index < -0.39 is 0 Å². The summed E-state index contributed by atoms with van der Waals surface area (Å²) in [6.07, 6.45) is 2.41. The summed E-state index contributed by atoms with van der Waals surface area (Å²) >= 11 is 0. The van der Waals surface area contributed by atoms with E-state index in [1.54, 1.807) is 13.2 Å². The van der Waals surface area contributed by atoms with Crippen molar-refractivity contribution in [3.63, 3.8) is 0 Å². The fourth-order valence-electron chi connectivity index (χ4n) is 4.37. The van der Waals surface area contributed by atoms with Gasteiger partial charge in [-0.3, -0.25) is 9.59 Å². The number of methoxy groups -OCH3 is 1. The van der Waals surface area contributed by atoms with Crippen LogP contribution in [0.2, 0.25) is 0 Å². The number of para-hydroxylation sites is 1. The average Bonchev–Trinajstić information content (AvgIpc) is 2.86. The number of carbonyl (C=O) groups excluding carboxylic acids is 2. The SMILES string of the molecule is CCN1CCCCN(C(=O)COc2cccc(OC)c2)[C@@H](CC(C)C)COc2ccccc2C1=O. The monoisotopic (exact) mass is 482 g/mol. The zero-order chi connectivity index (χ0) is 25.2. The lowest BCUT2D eigenvalue weighted by Gasteiger charge is -2.34. The molecule has 0 saturated carbocycles. The molecular formula is C28H38N2O5. The Labute approximate surface area is 209 Å². The van der Waals surface area contributed by atoms with Crippen LogP contribution in [0.4, 0.5) is 0 Å². The zero-order valence-corrected chi connectivity index (χ0v) is 21.4. The lowest BCUT2D eigenvalue weighted by Crippen LogP contribution is -2.47. The van der Waals surface area contributed by atoms with Crippen molar-refractivity contribution in [1.29, 1.82) is 0 Å². The summed E-state index contributed by atoms with van der Waals surface area (Å²) in [6, 6.07) is 14.5. The van der Waals surface area contributed by atoms with Crippen molar-refractivity contribution >= 4 is 11.8 Å². The standard InChI is InChI=1S/C28H38N2O5/c1-5-29-15-8-9-16-30(27(31)20-34-24-12-10-11-23(18-24)33-4)22(17-21(2)3)19-35-26-14-7-6-13-25(26)28(29)32/h6-7,10-14,18,21-22H,5,8-9,15-17,19-20H2,1-4H3/t22-/m0/s1. The Morgan fingerprint density at radius 2 is 1.83 bits per heavy atom. The molecule has 2 aromatic carbocycles. The Morgan fingerprint density at radius 1 is 1.09 bits per heavy atom. The van der Waals surface area contributed by atoms with Gasteiger partial charge in [0.1, 0.15) is 23.9 Å². The second-order valence-corrected chi connectivity index (χ2v) is 9.24. The fraction of sp³-hybridized carbons (Fsp3) is 0.500. The molecule has 2 amide bonds. The van der Waals surface area contributed by atoms with E-state index in [0.717, 1.165) is 19.3 Å². The highest BCUT2D eigenvalue weighted by Gasteiger charge is 2.27. The smallest absolute Gasteiger partial charge is 0.260 e. The van der Waals surface area contributed by atoms with Gasteiger partial charge in [-0.2, -0.15) is 0 Å². The number of ether oxygens (including phenoxy) is 3. The van der Waals surface area contributed by atoms with Crippen molar-refractivity contribution in [2.75, 3.05) is 40.0 Å². The van der Waals surface area contributed by atoms with Gasteiger partial charge in [0.2, 0.25) is 0 Å². The summed E-state index contributed by atoms with van der Waals surface area (Å²) in [7, 11) is 1.60. The van der Waals surface area contributed by atoms with Gasteiger partial charge >= 0.3 is 0 Å². The number of benzene rings is 2. The Balaban J connectivity index is 1.82. The Hall–Kier alpha value is -3.22. The Morgan fingerprint density at radius 3 is 2.57 bits per heavy atom. The molecular weight excluding hydrogens is 444 g/mol. The molecule has 0 fully saturated rings. The van der Waals surface area contributed by atoms with Gasteiger partial charge in [-0.05, 0) is 56.4 Å². The topological polar surface area (TPSA) is 68.3 Å². The third kappa shape index (κ3) is 7.38. The van der Waals surface area contributed by atoms with E-state index in [-0.39, 0.29) is 24.5 Å². The number of amides is 2. The normalized spacial score (nSPS) is 17.2. The molecule has 0 N–H and O–H groups in total. The first-order chi connectivity index (χ1) is 16.9. The van der Waals surface area contributed by atoms with Gasteiger partial charge in [-0.15, -0.1) is 0 Å². The third-order valence-electron chi connectivity index (χ3n) is 6.20. The highest BCUT2D eigenvalue weighted by Crippen LogP contribution is 2.24. The van der Waals surface area contributed by atoms with Gasteiger partial charge in [0.25, 0.3) is 11.8 Å². The number of hydrogen-bond donors (Lipinski definition) is 0. The minimum Gasteiger partial charge on any atom is -0.497 e. The maximum atomic E-state index is 13.4. The molecule has 1 aliphatic heterocycles. The molecule has 2 aromatic rings. The highest BCUT2D eigenvalue weighted by atomic mass is 16.5. The van der Waals surface area contributed by atoms with Crippen LogP contribution >= 0.6 is 0 Å². The van der Waals surface area contributed by atoms with E-state index in [0.29, 0.717) is 55.0 Å². The lowest BCUT2D eigenvalue weighted by molar-refractivity contribution is -0.137. The predicted molar refractivity (Wildman–Crippen MR) is 136 cm³/mol. The van der Waals surface area contributed by atoms with Crippen molar-refractivity contribution in [3.05, 3.63) is 54.1 Å². The molecule has 0 unspecified atom stereocenters. The molecule has 1 atom stereocenters. The number of carbonyl (C=O) groups is 2. The molecule has 3 rings (SSSR count). The number of fused-ring (bicyclic) bond motifs is 1. The highest BCUT2D eigenvalue weighted by molar-refractivity contribution is 5.97. The summed E-state index contributed by atoms with van der Waals surface area (Å²) in [5, 5.41) is 0. The molecule has 0 bridgehead atoms. The van der Waals surface area contributed by atoms with Crippen LogP contribution in [0.3, 0.4) is 0 Å². The van der Waals surface area contributed by atoms with E-state index in [4.69, 9.17) is 14.2 Å². The molecule has 0 aromatic heterocycles. The van der Waals surface area contributed by atoms with E-state index in [9.17, 15) is 9.59 Å². The van der Waals surface area contributed by atoms with Crippen LogP contribution in [0.5, 0.6) is 17.2 Å². The first-order valence-electron chi connectivity index (χ1n) is 12.5. The van der Waals surface area contributed by atoms with E-state index in [2.05, 4.69) is 13.8 Å². The van der Waals surface area contributed by atoms with Gasteiger partial charge in [0, 0.05) is 25.7 Å². The Kier molecular flexibility index (Phi) is 9.82. The molecule has 1 heterocycles. The molecule has 7 heteroatoms. The molecule has 1 aliphatic rings. The van der Waals surface area contributed by atoms with Gasteiger partial charge in [0.05, 0.1) is 18.7 Å². The predicted octanol–water partition coefficient (Wildman–Crippen LogP) is 4.65. The van der Waals surface area contributed by atoms with Gasteiger partial charge in [-0.1, -0.05) is 32.0 Å². The summed E-state index contributed by atoms with van der Waals surface area (Å²) in [5.41, 5.74) is 0.567. The Bertz CT molecular complexity index is 977. The van der Waals surface area contributed by atoms with Crippen LogP contribution in [-0.4, -0.2) is 67.6 Å². The number of hydrogen-bond acceptors (Lipinski definition) is 5. The second kappa shape index (κ2) is 13.0. The molecule has 0 saturated heterocycles. The molecule has 0 radical (unpaired) electrons. The van der Waals surface area contributed by atoms with Crippen LogP contribution in [0.15, 0.2) is 48.5 Å². The maximum Gasteiger partial charge on any atom is 0.260 e. The molecule has 7 nitrogen and oxygen atoms in total. The minimum absolute atomic E-state index is 0.0105. The molecule has 0 aliphatic carbocycles. The van der Waals surface area contributed by atoms with Gasteiger partial charge < -0.3 is 24.0 Å². The van der Waals surface area contributed by atoms with E-state index >= 15 is 0 Å². The van der Waals surface area contributed by atoms with E-state index in [1.807, 2.05) is 59.2 Å². The summed E-state index contributed by atoms with van der Waals surface area (Å²) < 4.78 is 17.3. The van der Waals surface area contributed by atoms with Crippen molar-refractivity contribution < 1.29 is 23.8 Å². The van der Waals surface area contributed by atoms with Crippen LogP contribution in [0.1, 0.15) is 50.4 Å². The van der Waals surface area contributed by atoms with Gasteiger partial charge in [0.15, 0.2) is 6.61 Å². The van der Waals surface area contributed by atoms with Crippen LogP contribution in [0, 0.1) is 5.92 Å². The van der Waals surface area contributed by atoms with Crippen molar-refractivity contribution in [2.45, 2.75) is 46.1 Å². The summed E-state index contributed by atoms with van der Waals surface area (Å²) in [6.45, 7) is 8.38. The van der Waals surface area contributed by atoms with Crippen molar-refractivity contribution in [2.24, 2.45) is 5.92 Å². The summed E-state index contributed by atoms with van der Waals surface area (Å²) in [5.74, 6) is 2.12. The maximum absolute atomic E-state index is 13.4. The molecule has 190 valence electrons. The number of rotatable bonds is 7. The largest absolute Gasteiger partial charge is 0.497 e. The first kappa shape index (κ1) is 26.4. The van der Waals surface area contributed by atoms with E-state index in [1.165, 1.54) is 0 Å². The van der Waals surface area contributed by atoms with Gasteiger partial charge in [-0.25, -0.2) is 0 Å². The minimum atomic E-state index is -0.124. The van der Waals surface area contributed by atoms with Crippen molar-refractivity contribution in [3.8, 4) is 17.2 Å². The fourth-order valence-corrected chi connectivity index (χ4v) is 4.37. The van der Waals surface area contributed by atoms with Crippen LogP contribution in [-0.2, 0) is 4.79 Å². The van der Waals surface area contributed by atoms with Crippen molar-refractivity contribution in [1.82, 2.24) is 9.80 Å². The molecule has 35 heavy (non-hydrogen) atoms. The summed E-state index contributed by atoms with van der Waals surface area (Å²) in [4.78, 5) is 30.3. The van der Waals surface area contributed by atoms with Crippen LogP contribution < -0.4 is 14.2 Å². The first-order valence-corrected chi connectivity index (χ1v) is 12.5. The third-order valence-corrected chi connectivity index (χ3v) is 6.20. The lowest BCUT2D eigenvalue weighted by atomic mass is 10.0. The zero-order valence-electron chi connectivity index (χ0n) is 21.4. The molecule has 0 spiro atoms. The second-order valence-electron chi connectivity index (χ2n) is 9.24.